The van der Waals surface area contributed by atoms with Crippen LogP contribution in [0.5, 0.6) is 0 Å². The fourth-order valence-corrected chi connectivity index (χ4v) is 7.40. The van der Waals surface area contributed by atoms with E-state index in [1.54, 1.807) is 13.2 Å². The maximum atomic E-state index is 14.1. The van der Waals surface area contributed by atoms with Gasteiger partial charge in [-0.3, -0.25) is 14.9 Å². The lowest BCUT2D eigenvalue weighted by Gasteiger charge is -2.64. The summed E-state index contributed by atoms with van der Waals surface area (Å²) in [5.41, 5.74) is -0.560. The molecule has 1 aromatic carbocycles. The second-order valence-corrected chi connectivity index (χ2v) is 10.9. The number of Topliss-reactive ketones (excluding diaryl/α,β-unsaturated/α-hetero) is 1. The summed E-state index contributed by atoms with van der Waals surface area (Å²) in [6.45, 7) is 1.95. The Labute approximate surface area is 217 Å². The average Bonchev–Trinajstić information content (AvgIpc) is 3.40. The number of rotatable bonds is 4. The number of carbonyl (C=O) groups is 3. The molecular weight excluding hydrogens is 500 g/mol. The van der Waals surface area contributed by atoms with Crippen LogP contribution >= 0.6 is 0 Å². The lowest BCUT2D eigenvalue weighted by atomic mass is 9.39. The number of nitrogens with one attached hydrogen (secondary N) is 1. The number of cyclic esters (lactones) is 1. The molecule has 0 bridgehead atoms. The molecule has 1 N–H and O–H groups in total. The van der Waals surface area contributed by atoms with Gasteiger partial charge in [0.1, 0.15) is 6.10 Å². The number of esters is 1. The maximum Gasteiger partial charge on any atom is 0.412 e. The Morgan fingerprint density at radius 3 is 2.68 bits per heavy atom. The van der Waals surface area contributed by atoms with Crippen LogP contribution in [0.15, 0.2) is 53.0 Å². The SMILES string of the molecule is COC1=C[C@@]23CC[C@H]4C(=O)O[C@H](c5ccoc5)C[C@]4(C)[C@H]2C(=O)[C@@H](OC(=O)Nc2ccc(F)c(F)c2)C[C@@H]13. The van der Waals surface area contributed by atoms with Gasteiger partial charge in [-0.2, -0.15) is 0 Å². The van der Waals surface area contributed by atoms with Crippen molar-refractivity contribution in [2.45, 2.75) is 44.8 Å². The number of allylic oxidation sites excluding steroid dienone is 2. The quantitative estimate of drug-likeness (QED) is 0.537. The van der Waals surface area contributed by atoms with Crippen molar-refractivity contribution in [1.29, 1.82) is 0 Å². The summed E-state index contributed by atoms with van der Waals surface area (Å²) in [4.78, 5) is 40.1. The topological polar surface area (TPSA) is 104 Å². The lowest BCUT2D eigenvalue weighted by molar-refractivity contribution is -0.205. The monoisotopic (exact) mass is 527 g/mol. The van der Waals surface area contributed by atoms with Crippen LogP contribution in [0.3, 0.4) is 0 Å². The molecule has 4 aliphatic rings. The van der Waals surface area contributed by atoms with Crippen molar-refractivity contribution in [3.63, 3.8) is 0 Å². The number of furan rings is 1. The molecular formula is C28H27F2NO7. The molecule has 1 aliphatic heterocycles. The molecule has 0 unspecified atom stereocenters. The number of anilines is 1. The predicted molar refractivity (Wildman–Crippen MR) is 127 cm³/mol. The second kappa shape index (κ2) is 8.68. The molecule has 8 nitrogen and oxygen atoms in total. The smallest absolute Gasteiger partial charge is 0.412 e. The number of halogens is 2. The van der Waals surface area contributed by atoms with Crippen molar-refractivity contribution in [2.75, 3.05) is 12.4 Å². The van der Waals surface area contributed by atoms with Crippen LogP contribution in [0.2, 0.25) is 0 Å². The molecule has 2 saturated carbocycles. The minimum Gasteiger partial charge on any atom is -0.501 e. The van der Waals surface area contributed by atoms with Crippen molar-refractivity contribution in [2.24, 2.45) is 28.6 Å². The molecule has 1 amide bonds. The Balaban J connectivity index is 1.31. The van der Waals surface area contributed by atoms with Gasteiger partial charge in [0.05, 0.1) is 31.3 Å². The molecule has 2 aromatic rings. The van der Waals surface area contributed by atoms with E-state index in [2.05, 4.69) is 5.32 Å². The Morgan fingerprint density at radius 1 is 1.16 bits per heavy atom. The second-order valence-electron chi connectivity index (χ2n) is 10.9. The largest absolute Gasteiger partial charge is 0.501 e. The van der Waals surface area contributed by atoms with E-state index in [0.29, 0.717) is 19.3 Å². The molecule has 2 heterocycles. The number of benzene rings is 1. The average molecular weight is 528 g/mol. The van der Waals surface area contributed by atoms with Crippen LogP contribution in [-0.4, -0.2) is 31.1 Å². The van der Waals surface area contributed by atoms with Crippen molar-refractivity contribution in [3.8, 4) is 0 Å². The van der Waals surface area contributed by atoms with Crippen LogP contribution in [-0.2, 0) is 23.8 Å². The van der Waals surface area contributed by atoms with Gasteiger partial charge in [0.2, 0.25) is 0 Å². The normalized spacial score (nSPS) is 35.5. The van der Waals surface area contributed by atoms with Crippen LogP contribution in [0.4, 0.5) is 19.3 Å². The fraction of sp³-hybridized carbons (Fsp3) is 0.464. The minimum absolute atomic E-state index is 0.00435. The van der Waals surface area contributed by atoms with Gasteiger partial charge in [-0.15, -0.1) is 0 Å². The van der Waals surface area contributed by atoms with Crippen molar-refractivity contribution >= 4 is 23.5 Å². The van der Waals surface area contributed by atoms with Gasteiger partial charge in [0.15, 0.2) is 23.5 Å². The third kappa shape index (κ3) is 3.56. The number of ether oxygens (including phenoxy) is 3. The van der Waals surface area contributed by atoms with Gasteiger partial charge in [-0.25, -0.2) is 13.6 Å². The molecule has 3 fully saturated rings. The Bertz CT molecular complexity index is 1340. The zero-order chi connectivity index (χ0) is 26.8. The van der Waals surface area contributed by atoms with E-state index in [0.717, 1.165) is 23.5 Å². The maximum absolute atomic E-state index is 14.1. The third-order valence-electron chi connectivity index (χ3n) is 9.05. The van der Waals surface area contributed by atoms with Crippen LogP contribution in [0.25, 0.3) is 0 Å². The summed E-state index contributed by atoms with van der Waals surface area (Å²) in [5.74, 6) is -3.33. The summed E-state index contributed by atoms with van der Waals surface area (Å²) in [7, 11) is 1.57. The summed E-state index contributed by atoms with van der Waals surface area (Å²) in [6, 6.07) is 4.66. The van der Waals surface area contributed by atoms with E-state index < -0.39 is 52.6 Å². The molecule has 3 aliphatic carbocycles. The summed E-state index contributed by atoms with van der Waals surface area (Å²) < 4.78 is 49.0. The summed E-state index contributed by atoms with van der Waals surface area (Å²) >= 11 is 0. The van der Waals surface area contributed by atoms with Gasteiger partial charge in [-0.1, -0.05) is 6.92 Å². The first kappa shape index (κ1) is 24.6. The highest BCUT2D eigenvalue weighted by molar-refractivity contribution is 5.94. The third-order valence-corrected chi connectivity index (χ3v) is 9.05. The number of carbonyl (C=O) groups excluding carboxylic acids is 3. The highest BCUT2D eigenvalue weighted by Crippen LogP contribution is 2.70. The van der Waals surface area contributed by atoms with Crippen LogP contribution in [0, 0.1) is 40.2 Å². The number of ketones is 1. The number of amides is 1. The highest BCUT2D eigenvalue weighted by Gasteiger charge is 2.70. The van der Waals surface area contributed by atoms with Gasteiger partial charge in [0, 0.05) is 41.0 Å². The fourth-order valence-electron chi connectivity index (χ4n) is 7.40. The van der Waals surface area contributed by atoms with Crippen molar-refractivity contribution in [1.82, 2.24) is 0 Å². The highest BCUT2D eigenvalue weighted by atomic mass is 19.2. The first-order valence-electron chi connectivity index (χ1n) is 12.6. The van der Waals surface area contributed by atoms with E-state index in [4.69, 9.17) is 18.6 Å². The molecule has 0 radical (unpaired) electrons. The van der Waals surface area contributed by atoms with Crippen molar-refractivity contribution in [3.05, 3.63) is 65.8 Å². The standard InChI is InChI=1S/C28H27F2NO7/c1-27-11-21(14-6-8-36-13-14)37-25(33)16(27)5-7-28-12-22(35-2)17(28)10-20(23(32)24(27)28)38-26(34)31-15-3-4-18(29)19(30)9-15/h3-4,6,8-9,12-13,16-17,20-21,24H,5,7,10-11H2,1-2H3,(H,31,34)/t16-,17-,20-,21-,24+,27-,28+/m0/s1. The molecule has 10 heteroatoms. The van der Waals surface area contributed by atoms with E-state index in [9.17, 15) is 23.2 Å². The van der Waals surface area contributed by atoms with Crippen LogP contribution in [0.1, 0.15) is 44.3 Å². The van der Waals surface area contributed by atoms with Crippen molar-refractivity contribution < 1.29 is 41.8 Å². The lowest BCUT2D eigenvalue weighted by Crippen LogP contribution is -2.66. The summed E-state index contributed by atoms with van der Waals surface area (Å²) in [6.07, 6.45) is 4.25. The van der Waals surface area contributed by atoms with Crippen LogP contribution < -0.4 is 5.32 Å². The predicted octanol–water partition coefficient (Wildman–Crippen LogP) is 5.31. The minimum atomic E-state index is -1.12. The Morgan fingerprint density at radius 2 is 1.97 bits per heavy atom. The van der Waals surface area contributed by atoms with E-state index in [1.807, 2.05) is 13.0 Å². The van der Waals surface area contributed by atoms with Gasteiger partial charge >= 0.3 is 12.1 Å². The summed E-state index contributed by atoms with van der Waals surface area (Å²) in [5, 5.41) is 2.37. The van der Waals surface area contributed by atoms with Gasteiger partial charge in [-0.05, 0) is 49.0 Å². The zero-order valence-corrected chi connectivity index (χ0v) is 20.9. The number of methoxy groups -OCH3 is 1. The van der Waals surface area contributed by atoms with Gasteiger partial charge in [0.25, 0.3) is 0 Å². The number of fused-ring (bicyclic) bond motifs is 2. The van der Waals surface area contributed by atoms with E-state index in [-0.39, 0.29) is 29.8 Å². The Hall–Kier alpha value is -3.69. The molecule has 1 saturated heterocycles. The van der Waals surface area contributed by atoms with E-state index >= 15 is 0 Å². The first-order chi connectivity index (χ1) is 18.2. The number of hydrogen-bond donors (Lipinski definition) is 1. The Kier molecular flexibility index (Phi) is 5.62. The molecule has 6 rings (SSSR count). The molecule has 1 aromatic heterocycles. The number of hydrogen-bond acceptors (Lipinski definition) is 7. The first-order valence-corrected chi connectivity index (χ1v) is 12.6. The molecule has 1 spiro atoms. The van der Waals surface area contributed by atoms with Gasteiger partial charge < -0.3 is 18.6 Å². The molecule has 38 heavy (non-hydrogen) atoms. The molecule has 7 atom stereocenters. The zero-order valence-electron chi connectivity index (χ0n) is 20.9. The molecule has 200 valence electrons. The van der Waals surface area contributed by atoms with E-state index in [1.165, 1.54) is 18.6 Å².